The molecule has 4 nitrogen and oxygen atoms in total. The number of hydrogen-bond donors (Lipinski definition) is 1. The number of rotatable bonds is 3. The summed E-state index contributed by atoms with van der Waals surface area (Å²) in [5.41, 5.74) is 3.08. The van der Waals surface area contributed by atoms with E-state index < -0.39 is 0 Å². The van der Waals surface area contributed by atoms with Crippen LogP contribution in [0.25, 0.3) is 10.9 Å². The topological polar surface area (TPSA) is 51.1 Å². The van der Waals surface area contributed by atoms with Gasteiger partial charge in [-0.25, -0.2) is 0 Å². The van der Waals surface area contributed by atoms with E-state index in [1.165, 1.54) is 0 Å². The van der Waals surface area contributed by atoms with Crippen LogP contribution in [0.1, 0.15) is 21.5 Å². The first-order chi connectivity index (χ1) is 11.6. The van der Waals surface area contributed by atoms with Gasteiger partial charge < -0.3 is 9.88 Å². The third kappa shape index (κ3) is 2.55. The maximum absolute atomic E-state index is 12.8. The number of pyridine rings is 1. The first kappa shape index (κ1) is 15.1. The lowest BCUT2D eigenvalue weighted by Crippen LogP contribution is -2.29. The van der Waals surface area contributed by atoms with E-state index in [1.54, 1.807) is 12.3 Å². The van der Waals surface area contributed by atoms with Gasteiger partial charge in [0, 0.05) is 29.1 Å². The maximum Gasteiger partial charge on any atom is 0.257 e. The minimum atomic E-state index is -0.331. The standard InChI is InChI=1S/C19H15BrN2O2/c20-14-8-13-6-7-22-11-16(18(23)15(9-14)17(13)22)19(24)21-10-12-4-2-1-3-5-12/h1-5,8-9,11H,6-7,10H2,(H,21,24). The second-order valence-electron chi connectivity index (χ2n) is 5.94. The van der Waals surface area contributed by atoms with Gasteiger partial charge in [-0.2, -0.15) is 0 Å². The molecule has 1 aliphatic rings. The van der Waals surface area contributed by atoms with Gasteiger partial charge in [-0.3, -0.25) is 9.59 Å². The molecule has 1 amide bonds. The highest BCUT2D eigenvalue weighted by atomic mass is 79.9. The smallest absolute Gasteiger partial charge is 0.257 e. The van der Waals surface area contributed by atoms with E-state index in [2.05, 4.69) is 21.2 Å². The number of nitrogens with zero attached hydrogens (tertiary/aromatic N) is 1. The zero-order valence-corrected chi connectivity index (χ0v) is 14.5. The summed E-state index contributed by atoms with van der Waals surface area (Å²) >= 11 is 3.46. The van der Waals surface area contributed by atoms with Crippen LogP contribution in [-0.2, 0) is 19.5 Å². The number of amides is 1. The van der Waals surface area contributed by atoms with Crippen molar-refractivity contribution in [2.24, 2.45) is 0 Å². The number of halogens is 1. The van der Waals surface area contributed by atoms with Gasteiger partial charge in [0.1, 0.15) is 5.56 Å². The molecule has 0 saturated carbocycles. The molecule has 0 radical (unpaired) electrons. The molecular weight excluding hydrogens is 368 g/mol. The monoisotopic (exact) mass is 382 g/mol. The molecule has 0 aliphatic carbocycles. The normalized spacial score (nSPS) is 12.5. The SMILES string of the molecule is O=C(NCc1ccccc1)c1cn2c3c(cc(Br)cc3c1=O)CC2. The first-order valence-electron chi connectivity index (χ1n) is 7.81. The molecule has 4 rings (SSSR count). The van der Waals surface area contributed by atoms with Crippen LogP contribution in [0.3, 0.4) is 0 Å². The van der Waals surface area contributed by atoms with Crippen molar-refractivity contribution >= 4 is 32.7 Å². The summed E-state index contributed by atoms with van der Waals surface area (Å²) in [6.07, 6.45) is 2.57. The molecule has 0 atom stereocenters. The van der Waals surface area contributed by atoms with Crippen LogP contribution in [0.5, 0.6) is 0 Å². The first-order valence-corrected chi connectivity index (χ1v) is 8.60. The maximum atomic E-state index is 12.8. The van der Waals surface area contributed by atoms with Gasteiger partial charge in [0.15, 0.2) is 0 Å². The number of carbonyl (C=O) groups is 1. The number of carbonyl (C=O) groups excluding carboxylic acids is 1. The van der Waals surface area contributed by atoms with Crippen molar-refractivity contribution in [1.29, 1.82) is 0 Å². The van der Waals surface area contributed by atoms with Gasteiger partial charge in [-0.15, -0.1) is 0 Å². The molecule has 120 valence electrons. The fourth-order valence-corrected chi connectivity index (χ4v) is 3.74. The van der Waals surface area contributed by atoms with Crippen molar-refractivity contribution in [3.63, 3.8) is 0 Å². The summed E-state index contributed by atoms with van der Waals surface area (Å²) in [6.45, 7) is 1.20. The molecule has 1 aromatic heterocycles. The van der Waals surface area contributed by atoms with Gasteiger partial charge >= 0.3 is 0 Å². The quantitative estimate of drug-likeness (QED) is 0.755. The highest BCUT2D eigenvalue weighted by Crippen LogP contribution is 2.28. The van der Waals surface area contributed by atoms with Crippen LogP contribution in [0, 0.1) is 0 Å². The summed E-state index contributed by atoms with van der Waals surface area (Å²) in [6, 6.07) is 13.5. The van der Waals surface area contributed by atoms with Crippen LogP contribution >= 0.6 is 15.9 Å². The average molecular weight is 383 g/mol. The lowest BCUT2D eigenvalue weighted by atomic mass is 10.1. The molecule has 2 heterocycles. The molecule has 0 unspecified atom stereocenters. The minimum absolute atomic E-state index is 0.199. The molecule has 0 spiro atoms. The van der Waals surface area contributed by atoms with Crippen LogP contribution in [0.15, 0.2) is 57.9 Å². The highest BCUT2D eigenvalue weighted by molar-refractivity contribution is 9.10. The van der Waals surface area contributed by atoms with E-state index in [0.717, 1.165) is 34.1 Å². The van der Waals surface area contributed by atoms with Gasteiger partial charge in [-0.05, 0) is 29.7 Å². The zero-order valence-electron chi connectivity index (χ0n) is 12.9. The number of aryl methyl sites for hydroxylation is 2. The van der Waals surface area contributed by atoms with Gasteiger partial charge in [0.05, 0.1) is 5.52 Å². The molecule has 0 fully saturated rings. The molecule has 2 aromatic carbocycles. The van der Waals surface area contributed by atoms with E-state index in [1.807, 2.05) is 41.0 Å². The Bertz CT molecular complexity index is 1010. The predicted octanol–water partition coefficient (Wildman–Crippen LogP) is 3.25. The third-order valence-corrected chi connectivity index (χ3v) is 4.84. The fraction of sp³-hybridized carbons (Fsp3) is 0.158. The van der Waals surface area contributed by atoms with Crippen LogP contribution in [0.4, 0.5) is 0 Å². The summed E-state index contributed by atoms with van der Waals surface area (Å²) in [5, 5.41) is 3.44. The van der Waals surface area contributed by atoms with Gasteiger partial charge in [0.25, 0.3) is 5.91 Å². The molecule has 0 bridgehead atoms. The Balaban J connectivity index is 1.72. The number of nitrogens with one attached hydrogen (secondary N) is 1. The second-order valence-corrected chi connectivity index (χ2v) is 6.86. The van der Waals surface area contributed by atoms with Crippen LogP contribution in [0.2, 0.25) is 0 Å². The van der Waals surface area contributed by atoms with Crippen molar-refractivity contribution in [1.82, 2.24) is 9.88 Å². The van der Waals surface area contributed by atoms with Crippen LogP contribution < -0.4 is 10.7 Å². The zero-order chi connectivity index (χ0) is 16.7. The summed E-state index contributed by atoms with van der Waals surface area (Å²) in [5.74, 6) is -0.331. The molecule has 3 aromatic rings. The average Bonchev–Trinajstić information content (AvgIpc) is 2.99. The minimum Gasteiger partial charge on any atom is -0.348 e. The van der Waals surface area contributed by atoms with E-state index in [-0.39, 0.29) is 16.9 Å². The Kier molecular flexibility index (Phi) is 3.73. The summed E-state index contributed by atoms with van der Waals surface area (Å²) in [7, 11) is 0. The van der Waals surface area contributed by atoms with E-state index in [4.69, 9.17) is 0 Å². The Morgan fingerprint density at radius 3 is 2.79 bits per heavy atom. The van der Waals surface area contributed by atoms with Crippen LogP contribution in [-0.4, -0.2) is 10.5 Å². The van der Waals surface area contributed by atoms with E-state index in [9.17, 15) is 9.59 Å². The Morgan fingerprint density at radius 2 is 2.00 bits per heavy atom. The summed E-state index contributed by atoms with van der Waals surface area (Å²) < 4.78 is 2.88. The van der Waals surface area contributed by atoms with Crippen molar-refractivity contribution in [3.8, 4) is 0 Å². The number of aromatic nitrogens is 1. The largest absolute Gasteiger partial charge is 0.348 e. The Morgan fingerprint density at radius 1 is 1.21 bits per heavy atom. The fourth-order valence-electron chi connectivity index (χ4n) is 3.24. The highest BCUT2D eigenvalue weighted by Gasteiger charge is 2.21. The lowest BCUT2D eigenvalue weighted by Gasteiger charge is -2.10. The molecule has 5 heteroatoms. The van der Waals surface area contributed by atoms with Crippen molar-refractivity contribution < 1.29 is 4.79 Å². The number of benzene rings is 2. The van der Waals surface area contributed by atoms with Crippen molar-refractivity contribution in [3.05, 3.63) is 80.0 Å². The molecule has 0 saturated heterocycles. The lowest BCUT2D eigenvalue weighted by molar-refractivity contribution is 0.0949. The van der Waals surface area contributed by atoms with Gasteiger partial charge in [0.2, 0.25) is 5.43 Å². The van der Waals surface area contributed by atoms with Crippen molar-refractivity contribution in [2.45, 2.75) is 19.5 Å². The van der Waals surface area contributed by atoms with E-state index >= 15 is 0 Å². The second kappa shape index (κ2) is 5.91. The van der Waals surface area contributed by atoms with Crippen molar-refractivity contribution in [2.75, 3.05) is 0 Å². The van der Waals surface area contributed by atoms with E-state index in [0.29, 0.717) is 11.9 Å². The molecular formula is C19H15BrN2O2. The summed E-state index contributed by atoms with van der Waals surface area (Å²) in [4.78, 5) is 25.3. The number of hydrogen-bond acceptors (Lipinski definition) is 2. The Hall–Kier alpha value is -2.40. The molecule has 1 N–H and O–H groups in total. The molecule has 1 aliphatic heterocycles. The Labute approximate surface area is 147 Å². The molecule has 24 heavy (non-hydrogen) atoms. The third-order valence-electron chi connectivity index (χ3n) is 4.38. The van der Waals surface area contributed by atoms with Gasteiger partial charge in [-0.1, -0.05) is 46.3 Å². The predicted molar refractivity (Wildman–Crippen MR) is 97.2 cm³/mol.